The van der Waals surface area contributed by atoms with E-state index in [1.165, 1.54) is 6.42 Å². The SMILES string of the molecule is O=[S@@](C[C@H]1CCCN1)c1ncccn1. The Morgan fingerprint density at radius 1 is 1.50 bits per heavy atom. The van der Waals surface area contributed by atoms with E-state index in [1.54, 1.807) is 18.5 Å². The fraction of sp³-hybridized carbons (Fsp3) is 0.556. The molecule has 1 N–H and O–H groups in total. The summed E-state index contributed by atoms with van der Waals surface area (Å²) in [6.07, 6.45) is 5.54. The van der Waals surface area contributed by atoms with Crippen LogP contribution >= 0.6 is 0 Å². The van der Waals surface area contributed by atoms with Crippen LogP contribution in [0.25, 0.3) is 0 Å². The predicted molar refractivity (Wildman–Crippen MR) is 54.3 cm³/mol. The number of aromatic nitrogens is 2. The summed E-state index contributed by atoms with van der Waals surface area (Å²) in [6.45, 7) is 1.04. The molecule has 5 heteroatoms. The zero-order valence-corrected chi connectivity index (χ0v) is 8.67. The summed E-state index contributed by atoms with van der Waals surface area (Å²) in [4.78, 5) is 7.96. The molecule has 0 radical (unpaired) electrons. The molecule has 2 atom stereocenters. The van der Waals surface area contributed by atoms with Crippen molar-refractivity contribution in [2.24, 2.45) is 0 Å². The first-order valence-corrected chi connectivity index (χ1v) is 6.07. The van der Waals surface area contributed by atoms with Gasteiger partial charge in [-0.3, -0.25) is 4.21 Å². The monoisotopic (exact) mass is 211 g/mol. The van der Waals surface area contributed by atoms with Gasteiger partial charge in [0.2, 0.25) is 5.16 Å². The highest BCUT2D eigenvalue weighted by atomic mass is 32.2. The van der Waals surface area contributed by atoms with E-state index in [0.29, 0.717) is 17.0 Å². The molecule has 76 valence electrons. The van der Waals surface area contributed by atoms with Crippen molar-refractivity contribution in [2.75, 3.05) is 12.3 Å². The molecule has 1 fully saturated rings. The molecule has 1 aromatic rings. The molecule has 0 aromatic carbocycles. The highest BCUT2D eigenvalue weighted by Gasteiger charge is 2.18. The van der Waals surface area contributed by atoms with Gasteiger partial charge >= 0.3 is 0 Å². The molecule has 0 aliphatic carbocycles. The first-order valence-electron chi connectivity index (χ1n) is 4.75. The lowest BCUT2D eigenvalue weighted by Gasteiger charge is -2.07. The van der Waals surface area contributed by atoms with Crippen molar-refractivity contribution < 1.29 is 4.21 Å². The fourth-order valence-electron chi connectivity index (χ4n) is 1.56. The van der Waals surface area contributed by atoms with Gasteiger partial charge in [0, 0.05) is 24.2 Å². The van der Waals surface area contributed by atoms with Gasteiger partial charge < -0.3 is 5.32 Å². The Hall–Kier alpha value is -0.810. The number of rotatable bonds is 3. The Balaban J connectivity index is 1.95. The second kappa shape index (κ2) is 4.61. The van der Waals surface area contributed by atoms with Crippen molar-refractivity contribution in [1.29, 1.82) is 0 Å². The third-order valence-electron chi connectivity index (χ3n) is 2.26. The topological polar surface area (TPSA) is 54.9 Å². The van der Waals surface area contributed by atoms with Crippen LogP contribution in [0.1, 0.15) is 12.8 Å². The predicted octanol–water partition coefficient (Wildman–Crippen LogP) is 0.336. The van der Waals surface area contributed by atoms with Crippen LogP contribution in [-0.4, -0.2) is 32.5 Å². The molecule has 2 rings (SSSR count). The average molecular weight is 211 g/mol. The number of nitrogens with one attached hydrogen (secondary N) is 1. The maximum absolute atomic E-state index is 11.7. The average Bonchev–Trinajstić information content (AvgIpc) is 2.72. The lowest BCUT2D eigenvalue weighted by Crippen LogP contribution is -2.28. The van der Waals surface area contributed by atoms with E-state index in [4.69, 9.17) is 0 Å². The van der Waals surface area contributed by atoms with E-state index in [2.05, 4.69) is 15.3 Å². The zero-order chi connectivity index (χ0) is 9.80. The van der Waals surface area contributed by atoms with E-state index < -0.39 is 10.8 Å². The largest absolute Gasteiger partial charge is 0.313 e. The van der Waals surface area contributed by atoms with Gasteiger partial charge in [-0.15, -0.1) is 0 Å². The molecule has 0 spiro atoms. The van der Waals surface area contributed by atoms with Gasteiger partial charge in [0.15, 0.2) is 0 Å². The molecule has 1 aliphatic heterocycles. The van der Waals surface area contributed by atoms with Gasteiger partial charge in [-0.25, -0.2) is 9.97 Å². The van der Waals surface area contributed by atoms with Crippen LogP contribution in [0.15, 0.2) is 23.6 Å². The Bertz CT molecular complexity index is 311. The summed E-state index contributed by atoms with van der Waals surface area (Å²) in [6, 6.07) is 2.11. The van der Waals surface area contributed by atoms with Crippen LogP contribution in [0, 0.1) is 0 Å². The van der Waals surface area contributed by atoms with Crippen molar-refractivity contribution in [3.63, 3.8) is 0 Å². The standard InChI is InChI=1S/C9H13N3OS/c13-14(7-8-3-1-4-10-8)9-11-5-2-6-12-9/h2,5-6,8,10H,1,3-4,7H2/t8-,14+/m1/s1. The minimum absolute atomic E-state index is 0.375. The van der Waals surface area contributed by atoms with Crippen molar-refractivity contribution in [2.45, 2.75) is 24.0 Å². The maximum Gasteiger partial charge on any atom is 0.218 e. The van der Waals surface area contributed by atoms with Crippen LogP contribution in [0.5, 0.6) is 0 Å². The van der Waals surface area contributed by atoms with Crippen LogP contribution in [0.3, 0.4) is 0 Å². The van der Waals surface area contributed by atoms with Crippen LogP contribution in [-0.2, 0) is 10.8 Å². The van der Waals surface area contributed by atoms with Gasteiger partial charge in [0.25, 0.3) is 0 Å². The molecule has 1 aliphatic rings. The third kappa shape index (κ3) is 2.36. The highest BCUT2D eigenvalue weighted by molar-refractivity contribution is 7.84. The number of hydrogen-bond acceptors (Lipinski definition) is 4. The van der Waals surface area contributed by atoms with Crippen molar-refractivity contribution >= 4 is 10.8 Å². The van der Waals surface area contributed by atoms with Crippen molar-refractivity contribution in [3.05, 3.63) is 18.5 Å². The second-order valence-corrected chi connectivity index (χ2v) is 4.73. The Morgan fingerprint density at radius 3 is 2.93 bits per heavy atom. The van der Waals surface area contributed by atoms with Crippen LogP contribution in [0.2, 0.25) is 0 Å². The molecular formula is C9H13N3OS. The first kappa shape index (κ1) is 9.73. The quantitative estimate of drug-likeness (QED) is 0.732. The number of nitrogens with zero attached hydrogens (tertiary/aromatic N) is 2. The summed E-state index contributed by atoms with van der Waals surface area (Å²) in [7, 11) is -1.06. The highest BCUT2D eigenvalue weighted by Crippen LogP contribution is 2.08. The van der Waals surface area contributed by atoms with Crippen molar-refractivity contribution in [3.8, 4) is 0 Å². The van der Waals surface area contributed by atoms with E-state index in [1.807, 2.05) is 0 Å². The molecule has 2 heterocycles. The Morgan fingerprint density at radius 2 is 2.29 bits per heavy atom. The molecule has 1 aromatic heterocycles. The minimum Gasteiger partial charge on any atom is -0.313 e. The lowest BCUT2D eigenvalue weighted by molar-refractivity contribution is 0.638. The zero-order valence-electron chi connectivity index (χ0n) is 7.85. The summed E-state index contributed by atoms with van der Waals surface area (Å²) < 4.78 is 11.7. The summed E-state index contributed by atoms with van der Waals surface area (Å²) in [5.74, 6) is 0.629. The van der Waals surface area contributed by atoms with Gasteiger partial charge in [-0.05, 0) is 25.5 Å². The van der Waals surface area contributed by atoms with E-state index in [0.717, 1.165) is 13.0 Å². The van der Waals surface area contributed by atoms with E-state index in [-0.39, 0.29) is 0 Å². The third-order valence-corrected chi connectivity index (χ3v) is 3.58. The van der Waals surface area contributed by atoms with Gasteiger partial charge in [-0.1, -0.05) is 0 Å². The summed E-state index contributed by atoms with van der Waals surface area (Å²) in [5, 5.41) is 3.75. The summed E-state index contributed by atoms with van der Waals surface area (Å²) in [5.41, 5.74) is 0. The van der Waals surface area contributed by atoms with E-state index >= 15 is 0 Å². The Labute approximate surface area is 85.6 Å². The maximum atomic E-state index is 11.7. The fourth-order valence-corrected chi connectivity index (χ4v) is 2.72. The molecular weight excluding hydrogens is 198 g/mol. The van der Waals surface area contributed by atoms with Gasteiger partial charge in [-0.2, -0.15) is 0 Å². The summed E-state index contributed by atoms with van der Waals surface area (Å²) >= 11 is 0. The molecule has 0 amide bonds. The molecule has 0 saturated carbocycles. The lowest BCUT2D eigenvalue weighted by atomic mass is 10.3. The smallest absolute Gasteiger partial charge is 0.218 e. The molecule has 4 nitrogen and oxygen atoms in total. The van der Waals surface area contributed by atoms with Gasteiger partial charge in [0.1, 0.15) is 0 Å². The molecule has 0 bridgehead atoms. The van der Waals surface area contributed by atoms with E-state index in [9.17, 15) is 4.21 Å². The number of hydrogen-bond donors (Lipinski definition) is 1. The minimum atomic E-state index is -1.06. The molecule has 14 heavy (non-hydrogen) atoms. The molecule has 1 saturated heterocycles. The second-order valence-electron chi connectivity index (χ2n) is 3.34. The normalized spacial score (nSPS) is 23.6. The van der Waals surface area contributed by atoms with Crippen molar-refractivity contribution in [1.82, 2.24) is 15.3 Å². The van der Waals surface area contributed by atoms with Crippen LogP contribution < -0.4 is 5.32 Å². The Kier molecular flexibility index (Phi) is 3.21. The van der Waals surface area contributed by atoms with Gasteiger partial charge in [0.05, 0.1) is 10.8 Å². The van der Waals surface area contributed by atoms with Crippen LogP contribution in [0.4, 0.5) is 0 Å². The first-order chi connectivity index (χ1) is 6.86. The molecule has 0 unspecified atom stereocenters.